The van der Waals surface area contributed by atoms with Crippen LogP contribution in [0.15, 0.2) is 67.0 Å². The van der Waals surface area contributed by atoms with Crippen LogP contribution in [0.25, 0.3) is 44.3 Å². The van der Waals surface area contributed by atoms with E-state index in [0.717, 1.165) is 83.6 Å². The predicted molar refractivity (Wildman–Crippen MR) is 151 cm³/mol. The predicted octanol–water partition coefficient (Wildman–Crippen LogP) is 5.86. The molecule has 0 bridgehead atoms. The Bertz CT molecular complexity index is 1560. The van der Waals surface area contributed by atoms with E-state index in [9.17, 15) is 0 Å². The van der Waals surface area contributed by atoms with Crippen molar-refractivity contribution in [2.45, 2.75) is 13.3 Å². The van der Waals surface area contributed by atoms with Crippen LogP contribution in [0.3, 0.4) is 0 Å². The average molecular weight is 509 g/mol. The van der Waals surface area contributed by atoms with E-state index < -0.39 is 0 Å². The Morgan fingerprint density at radius 1 is 0.947 bits per heavy atom. The number of benzene rings is 3. The van der Waals surface area contributed by atoms with Crippen molar-refractivity contribution in [3.63, 3.8) is 0 Å². The maximum atomic E-state index is 6.27. The first-order valence-corrected chi connectivity index (χ1v) is 13.1. The van der Waals surface area contributed by atoms with Crippen molar-refractivity contribution < 1.29 is 14.2 Å². The Hall–Kier alpha value is -3.94. The van der Waals surface area contributed by atoms with E-state index in [1.807, 2.05) is 18.2 Å². The van der Waals surface area contributed by atoms with Crippen LogP contribution in [0.4, 0.5) is 0 Å². The standard InChI is InChI=1S/C31H32N4O3/c1-21-8-10-22(11-9-21)30-29(23-6-3-4-7-25(23)34-30)31-24-18-28(27(36-2)19-26(24)32-20-33-31)38-15-5-12-35-13-16-37-17-14-35/h3-4,6-11,18-20,34H,5,12-17H2,1-2H3. The summed E-state index contributed by atoms with van der Waals surface area (Å²) in [6, 6.07) is 20.9. The SMILES string of the molecule is COc1cc2ncnc(-c3c(-c4ccc(C)cc4)[nH]c4ccccc34)c2cc1OCCCN1CCOCC1. The van der Waals surface area contributed by atoms with Crippen LogP contribution in [-0.4, -0.2) is 66.4 Å². The van der Waals surface area contributed by atoms with Crippen LogP contribution in [0.2, 0.25) is 0 Å². The number of nitrogens with one attached hydrogen (secondary N) is 1. The number of para-hydroxylation sites is 1. The highest BCUT2D eigenvalue weighted by atomic mass is 16.5. The molecule has 5 aromatic rings. The summed E-state index contributed by atoms with van der Waals surface area (Å²) >= 11 is 0. The van der Waals surface area contributed by atoms with Crippen LogP contribution >= 0.6 is 0 Å². The Morgan fingerprint density at radius 2 is 1.76 bits per heavy atom. The number of hydrogen-bond acceptors (Lipinski definition) is 6. The summed E-state index contributed by atoms with van der Waals surface area (Å²) in [6.45, 7) is 7.26. The molecule has 3 heterocycles. The third-order valence-corrected chi connectivity index (χ3v) is 7.18. The number of methoxy groups -OCH3 is 1. The van der Waals surface area contributed by atoms with E-state index in [2.05, 4.69) is 64.3 Å². The zero-order valence-corrected chi connectivity index (χ0v) is 21.9. The molecule has 0 saturated carbocycles. The van der Waals surface area contributed by atoms with Gasteiger partial charge in [-0.2, -0.15) is 0 Å². The summed E-state index contributed by atoms with van der Waals surface area (Å²) in [7, 11) is 1.67. The minimum atomic E-state index is 0.601. The Kier molecular flexibility index (Phi) is 6.94. The molecule has 2 aromatic heterocycles. The molecule has 1 aliphatic heterocycles. The van der Waals surface area contributed by atoms with Gasteiger partial charge in [-0.15, -0.1) is 0 Å². The van der Waals surface area contributed by atoms with Gasteiger partial charge in [0.2, 0.25) is 0 Å². The third-order valence-electron chi connectivity index (χ3n) is 7.18. The zero-order chi connectivity index (χ0) is 25.9. The maximum Gasteiger partial charge on any atom is 0.162 e. The van der Waals surface area contributed by atoms with Crippen molar-refractivity contribution in [2.24, 2.45) is 0 Å². The highest BCUT2D eigenvalue weighted by Gasteiger charge is 2.20. The molecule has 0 radical (unpaired) electrons. The van der Waals surface area contributed by atoms with E-state index in [0.29, 0.717) is 18.1 Å². The number of aromatic nitrogens is 3. The molecular weight excluding hydrogens is 476 g/mol. The number of rotatable bonds is 8. The van der Waals surface area contributed by atoms with Gasteiger partial charge in [0.05, 0.1) is 43.8 Å². The normalized spacial score (nSPS) is 14.3. The largest absolute Gasteiger partial charge is 0.493 e. The summed E-state index contributed by atoms with van der Waals surface area (Å²) in [6.07, 6.45) is 2.56. The van der Waals surface area contributed by atoms with Gasteiger partial charge in [-0.1, -0.05) is 48.0 Å². The van der Waals surface area contributed by atoms with Crippen molar-refractivity contribution in [3.05, 3.63) is 72.6 Å². The first-order valence-electron chi connectivity index (χ1n) is 13.1. The molecule has 7 heteroatoms. The van der Waals surface area contributed by atoms with E-state index in [1.54, 1.807) is 13.4 Å². The summed E-state index contributed by atoms with van der Waals surface area (Å²) in [5.74, 6) is 1.38. The Balaban J connectivity index is 1.40. The number of ether oxygens (including phenoxy) is 3. The molecule has 0 spiro atoms. The second-order valence-corrected chi connectivity index (χ2v) is 9.69. The number of fused-ring (bicyclic) bond motifs is 2. The van der Waals surface area contributed by atoms with Gasteiger partial charge in [0, 0.05) is 47.6 Å². The molecule has 7 nitrogen and oxygen atoms in total. The lowest BCUT2D eigenvalue weighted by molar-refractivity contribution is 0.0357. The van der Waals surface area contributed by atoms with Crippen LogP contribution in [-0.2, 0) is 4.74 Å². The second-order valence-electron chi connectivity index (χ2n) is 9.69. The van der Waals surface area contributed by atoms with E-state index >= 15 is 0 Å². The molecule has 194 valence electrons. The van der Waals surface area contributed by atoms with Crippen molar-refractivity contribution >= 4 is 21.8 Å². The molecule has 0 unspecified atom stereocenters. The Labute approximate surface area is 222 Å². The van der Waals surface area contributed by atoms with Gasteiger partial charge in [-0.05, 0) is 31.0 Å². The molecule has 1 saturated heterocycles. The maximum absolute atomic E-state index is 6.27. The van der Waals surface area contributed by atoms with Gasteiger partial charge in [-0.3, -0.25) is 4.90 Å². The number of aryl methyl sites for hydroxylation is 1. The van der Waals surface area contributed by atoms with Gasteiger partial charge < -0.3 is 19.2 Å². The fourth-order valence-electron chi connectivity index (χ4n) is 5.16. The average Bonchev–Trinajstić information content (AvgIpc) is 3.35. The van der Waals surface area contributed by atoms with Gasteiger partial charge in [0.1, 0.15) is 6.33 Å². The van der Waals surface area contributed by atoms with Gasteiger partial charge in [0.25, 0.3) is 0 Å². The topological polar surface area (TPSA) is 72.5 Å². The van der Waals surface area contributed by atoms with Crippen molar-refractivity contribution in [1.82, 2.24) is 19.9 Å². The van der Waals surface area contributed by atoms with E-state index in [1.165, 1.54) is 5.56 Å². The smallest absolute Gasteiger partial charge is 0.162 e. The minimum absolute atomic E-state index is 0.601. The fraction of sp³-hybridized carbons (Fsp3) is 0.290. The van der Waals surface area contributed by atoms with Crippen LogP contribution in [0.5, 0.6) is 11.5 Å². The van der Waals surface area contributed by atoms with Crippen LogP contribution in [0.1, 0.15) is 12.0 Å². The monoisotopic (exact) mass is 508 g/mol. The lowest BCUT2D eigenvalue weighted by atomic mass is 9.99. The number of H-pyrrole nitrogens is 1. The number of aromatic amines is 1. The minimum Gasteiger partial charge on any atom is -0.493 e. The Morgan fingerprint density at radius 3 is 2.58 bits per heavy atom. The highest BCUT2D eigenvalue weighted by Crippen LogP contribution is 2.42. The molecule has 1 aliphatic rings. The summed E-state index contributed by atoms with van der Waals surface area (Å²) < 4.78 is 17.4. The van der Waals surface area contributed by atoms with Gasteiger partial charge in [0.15, 0.2) is 11.5 Å². The first kappa shape index (κ1) is 24.4. The lowest BCUT2D eigenvalue weighted by Gasteiger charge is -2.26. The van der Waals surface area contributed by atoms with E-state index in [4.69, 9.17) is 19.2 Å². The van der Waals surface area contributed by atoms with Crippen molar-refractivity contribution in [3.8, 4) is 34.0 Å². The second kappa shape index (κ2) is 10.8. The third kappa shape index (κ3) is 4.83. The highest BCUT2D eigenvalue weighted by molar-refractivity contribution is 6.09. The molecule has 0 amide bonds. The lowest BCUT2D eigenvalue weighted by Crippen LogP contribution is -2.37. The van der Waals surface area contributed by atoms with Crippen LogP contribution < -0.4 is 9.47 Å². The number of hydrogen-bond donors (Lipinski definition) is 1. The molecule has 6 rings (SSSR count). The molecule has 38 heavy (non-hydrogen) atoms. The summed E-state index contributed by atoms with van der Waals surface area (Å²) in [4.78, 5) is 15.4. The van der Waals surface area contributed by atoms with E-state index in [-0.39, 0.29) is 0 Å². The molecule has 1 fully saturated rings. The molecule has 0 aliphatic carbocycles. The summed E-state index contributed by atoms with van der Waals surface area (Å²) in [5, 5.41) is 2.04. The van der Waals surface area contributed by atoms with Gasteiger partial charge in [-0.25, -0.2) is 9.97 Å². The zero-order valence-electron chi connectivity index (χ0n) is 21.9. The quantitative estimate of drug-likeness (QED) is 0.265. The first-order chi connectivity index (χ1) is 18.7. The molecule has 0 atom stereocenters. The fourth-order valence-corrected chi connectivity index (χ4v) is 5.16. The number of morpholine rings is 1. The van der Waals surface area contributed by atoms with Crippen molar-refractivity contribution in [1.29, 1.82) is 0 Å². The molecule has 3 aromatic carbocycles. The number of nitrogens with zero attached hydrogens (tertiary/aromatic N) is 3. The summed E-state index contributed by atoms with van der Waals surface area (Å²) in [5.41, 5.74) is 7.17. The van der Waals surface area contributed by atoms with Gasteiger partial charge >= 0.3 is 0 Å². The molecular formula is C31H32N4O3. The van der Waals surface area contributed by atoms with Crippen LogP contribution in [0, 0.1) is 6.92 Å². The molecule has 1 N–H and O–H groups in total. The van der Waals surface area contributed by atoms with Crippen molar-refractivity contribution in [2.75, 3.05) is 46.6 Å².